The van der Waals surface area contributed by atoms with Gasteiger partial charge in [0.2, 0.25) is 0 Å². The van der Waals surface area contributed by atoms with Gasteiger partial charge in [0.15, 0.2) is 0 Å². The lowest BCUT2D eigenvalue weighted by molar-refractivity contribution is 0.584. The van der Waals surface area contributed by atoms with Crippen LogP contribution in [-0.2, 0) is 6.54 Å². The van der Waals surface area contributed by atoms with Gasteiger partial charge in [-0.3, -0.25) is 14.2 Å². The molecular formula is C14H13N3O2. The first-order valence-electron chi connectivity index (χ1n) is 5.88. The lowest BCUT2D eigenvalue weighted by Crippen LogP contribution is -2.41. The molecule has 5 nitrogen and oxygen atoms in total. The molecule has 1 heterocycles. The summed E-state index contributed by atoms with van der Waals surface area (Å²) in [5.41, 5.74) is -0.344. The fourth-order valence-electron chi connectivity index (χ4n) is 1.92. The minimum atomic E-state index is -0.674. The maximum Gasteiger partial charge on any atom is 0.317 e. The van der Waals surface area contributed by atoms with Crippen LogP contribution in [0.25, 0.3) is 0 Å². The van der Waals surface area contributed by atoms with Crippen LogP contribution in [0.1, 0.15) is 18.5 Å². The predicted octanol–water partition coefficient (Wildman–Crippen LogP) is 1.14. The zero-order valence-electron chi connectivity index (χ0n) is 10.5. The highest BCUT2D eigenvalue weighted by molar-refractivity contribution is 5.19. The summed E-state index contributed by atoms with van der Waals surface area (Å²) in [6.45, 7) is 1.74. The van der Waals surface area contributed by atoms with Crippen molar-refractivity contribution in [2.24, 2.45) is 0 Å². The molecule has 2 rings (SSSR count). The Morgan fingerprint density at radius 1 is 1.16 bits per heavy atom. The number of nitrogens with zero attached hydrogens (tertiary/aromatic N) is 3. The molecule has 19 heavy (non-hydrogen) atoms. The number of nitriles is 1. The van der Waals surface area contributed by atoms with E-state index in [9.17, 15) is 9.59 Å². The fraction of sp³-hybridized carbons (Fsp3) is 0.214. The van der Waals surface area contributed by atoms with Crippen LogP contribution in [0.4, 0.5) is 0 Å². The maximum atomic E-state index is 12.0. The van der Waals surface area contributed by atoms with Gasteiger partial charge < -0.3 is 4.57 Å². The lowest BCUT2D eigenvalue weighted by atomic mass is 10.1. The number of rotatable bonds is 3. The summed E-state index contributed by atoms with van der Waals surface area (Å²) in [7, 11) is 0. The molecule has 0 N–H and O–H groups in total. The van der Waals surface area contributed by atoms with Gasteiger partial charge in [-0.05, 0) is 12.5 Å². The summed E-state index contributed by atoms with van der Waals surface area (Å²) in [6, 6.07) is 11.1. The Bertz CT molecular complexity index is 723. The zero-order valence-corrected chi connectivity index (χ0v) is 10.5. The minimum absolute atomic E-state index is 0.116. The van der Waals surface area contributed by atoms with Crippen molar-refractivity contribution < 1.29 is 0 Å². The summed E-state index contributed by atoms with van der Waals surface area (Å²) in [5.74, 6) is 0. The van der Waals surface area contributed by atoms with E-state index in [0.29, 0.717) is 0 Å². The third-order valence-corrected chi connectivity index (χ3v) is 3.03. The van der Waals surface area contributed by atoms with Crippen molar-refractivity contribution in [3.63, 3.8) is 0 Å². The molecule has 0 aliphatic carbocycles. The molecular weight excluding hydrogens is 242 g/mol. The van der Waals surface area contributed by atoms with E-state index in [-0.39, 0.29) is 12.6 Å². The molecule has 0 radical (unpaired) electrons. The van der Waals surface area contributed by atoms with Crippen molar-refractivity contribution in [1.82, 2.24) is 9.13 Å². The lowest BCUT2D eigenvalue weighted by Gasteiger charge is -2.15. The van der Waals surface area contributed by atoms with E-state index in [4.69, 9.17) is 5.26 Å². The first kappa shape index (κ1) is 12.8. The molecule has 96 valence electrons. The van der Waals surface area contributed by atoms with Crippen molar-refractivity contribution in [1.29, 1.82) is 5.26 Å². The second-order valence-corrected chi connectivity index (χ2v) is 4.19. The van der Waals surface area contributed by atoms with Gasteiger partial charge in [0.1, 0.15) is 6.54 Å². The van der Waals surface area contributed by atoms with E-state index < -0.39 is 11.1 Å². The molecule has 1 unspecified atom stereocenters. The van der Waals surface area contributed by atoms with Crippen LogP contribution in [0, 0.1) is 11.3 Å². The third kappa shape index (κ3) is 2.47. The molecule has 5 heteroatoms. The molecule has 2 aromatic rings. The summed E-state index contributed by atoms with van der Waals surface area (Å²) < 4.78 is 2.49. The molecule has 0 saturated heterocycles. The van der Waals surface area contributed by atoms with Crippen LogP contribution in [0.5, 0.6) is 0 Å². The van der Waals surface area contributed by atoms with Gasteiger partial charge in [-0.1, -0.05) is 30.3 Å². The Morgan fingerprint density at radius 3 is 2.47 bits per heavy atom. The van der Waals surface area contributed by atoms with Gasteiger partial charge in [0.25, 0.3) is 0 Å². The van der Waals surface area contributed by atoms with Crippen molar-refractivity contribution in [2.75, 3.05) is 0 Å². The van der Waals surface area contributed by atoms with Crippen LogP contribution < -0.4 is 11.1 Å². The molecule has 0 spiro atoms. The normalized spacial score (nSPS) is 11.8. The van der Waals surface area contributed by atoms with Crippen LogP contribution in [0.3, 0.4) is 0 Å². The van der Waals surface area contributed by atoms with Crippen molar-refractivity contribution >= 4 is 0 Å². The van der Waals surface area contributed by atoms with E-state index in [0.717, 1.165) is 10.1 Å². The predicted molar refractivity (Wildman–Crippen MR) is 70.8 cm³/mol. The van der Waals surface area contributed by atoms with Gasteiger partial charge in [-0.15, -0.1) is 0 Å². The van der Waals surface area contributed by atoms with Crippen molar-refractivity contribution in [2.45, 2.75) is 19.5 Å². The second kappa shape index (κ2) is 5.36. The largest absolute Gasteiger partial charge is 0.317 e. The van der Waals surface area contributed by atoms with Crippen LogP contribution in [0.15, 0.2) is 52.3 Å². The quantitative estimate of drug-likeness (QED) is 0.772. The van der Waals surface area contributed by atoms with E-state index >= 15 is 0 Å². The standard InChI is InChI=1S/C14H13N3O2/c1-11(12-5-3-2-4-6-12)17-10-9-16(8-7-15)13(18)14(17)19/h2-6,9-11H,8H2,1H3. The Labute approximate surface area is 110 Å². The van der Waals surface area contributed by atoms with E-state index in [1.165, 1.54) is 10.8 Å². The first-order valence-corrected chi connectivity index (χ1v) is 5.88. The number of hydrogen-bond donors (Lipinski definition) is 0. The minimum Gasteiger partial charge on any atom is -0.302 e. The van der Waals surface area contributed by atoms with E-state index in [1.807, 2.05) is 43.3 Å². The molecule has 0 amide bonds. The highest BCUT2D eigenvalue weighted by Gasteiger charge is 2.11. The molecule has 1 atom stereocenters. The topological polar surface area (TPSA) is 67.8 Å². The number of benzene rings is 1. The fourth-order valence-corrected chi connectivity index (χ4v) is 1.92. The van der Waals surface area contributed by atoms with Gasteiger partial charge in [0.05, 0.1) is 12.1 Å². The summed E-state index contributed by atoms with van der Waals surface area (Å²) in [5, 5.41) is 8.57. The Kier molecular flexibility index (Phi) is 3.62. The smallest absolute Gasteiger partial charge is 0.302 e. The van der Waals surface area contributed by atoms with Crippen molar-refractivity contribution in [3.05, 3.63) is 69.0 Å². The van der Waals surface area contributed by atoms with Gasteiger partial charge >= 0.3 is 11.1 Å². The molecule has 0 bridgehead atoms. The molecule has 0 aliphatic heterocycles. The maximum absolute atomic E-state index is 12.0. The first-order chi connectivity index (χ1) is 9.15. The highest BCUT2D eigenvalue weighted by Crippen LogP contribution is 2.14. The second-order valence-electron chi connectivity index (χ2n) is 4.19. The van der Waals surface area contributed by atoms with Gasteiger partial charge in [-0.2, -0.15) is 5.26 Å². The third-order valence-electron chi connectivity index (χ3n) is 3.03. The average Bonchev–Trinajstić information content (AvgIpc) is 2.45. The van der Waals surface area contributed by atoms with E-state index in [2.05, 4.69) is 0 Å². The Morgan fingerprint density at radius 2 is 1.84 bits per heavy atom. The molecule has 0 fully saturated rings. The number of aromatic nitrogens is 2. The number of hydrogen-bond acceptors (Lipinski definition) is 3. The van der Waals surface area contributed by atoms with Crippen LogP contribution in [0.2, 0.25) is 0 Å². The van der Waals surface area contributed by atoms with Crippen LogP contribution >= 0.6 is 0 Å². The SMILES string of the molecule is CC(c1ccccc1)n1ccn(CC#N)c(=O)c1=O. The molecule has 0 saturated carbocycles. The summed E-state index contributed by atoms with van der Waals surface area (Å²) in [4.78, 5) is 23.8. The highest BCUT2D eigenvalue weighted by atomic mass is 16.2. The molecule has 0 aliphatic rings. The van der Waals surface area contributed by atoms with Crippen LogP contribution in [-0.4, -0.2) is 9.13 Å². The summed E-state index contributed by atoms with van der Waals surface area (Å²) >= 11 is 0. The molecule has 1 aromatic carbocycles. The average molecular weight is 255 g/mol. The van der Waals surface area contributed by atoms with E-state index in [1.54, 1.807) is 6.20 Å². The Hall–Kier alpha value is -2.61. The monoisotopic (exact) mass is 255 g/mol. The Balaban J connectivity index is 2.48. The van der Waals surface area contributed by atoms with Gasteiger partial charge in [0, 0.05) is 12.4 Å². The molecule has 1 aromatic heterocycles. The van der Waals surface area contributed by atoms with Gasteiger partial charge in [-0.25, -0.2) is 0 Å². The zero-order chi connectivity index (χ0) is 13.8. The summed E-state index contributed by atoms with van der Waals surface area (Å²) in [6.07, 6.45) is 3.01. The van der Waals surface area contributed by atoms with Crippen molar-refractivity contribution in [3.8, 4) is 6.07 Å².